The van der Waals surface area contributed by atoms with E-state index < -0.39 is 5.78 Å². The van der Waals surface area contributed by atoms with E-state index in [1.807, 2.05) is 36.4 Å². The number of methoxy groups -OCH3 is 3. The highest BCUT2D eigenvalue weighted by Crippen LogP contribution is 2.44. The summed E-state index contributed by atoms with van der Waals surface area (Å²) in [6.07, 6.45) is 7.31. The van der Waals surface area contributed by atoms with Crippen molar-refractivity contribution in [3.05, 3.63) is 77.4 Å². The van der Waals surface area contributed by atoms with Crippen molar-refractivity contribution in [2.24, 2.45) is 0 Å². The third-order valence-corrected chi connectivity index (χ3v) is 6.85. The first-order chi connectivity index (χ1) is 19.9. The molecule has 220 valence electrons. The van der Waals surface area contributed by atoms with E-state index in [4.69, 9.17) is 18.9 Å². The van der Waals surface area contributed by atoms with E-state index in [0.717, 1.165) is 62.4 Å². The van der Waals surface area contributed by atoms with Crippen LogP contribution in [0.25, 0.3) is 6.08 Å². The topological polar surface area (TPSA) is 97.7 Å². The van der Waals surface area contributed by atoms with Crippen molar-refractivity contribution >= 4 is 11.9 Å². The molecule has 0 saturated carbocycles. The predicted molar refractivity (Wildman–Crippen MR) is 161 cm³/mol. The van der Waals surface area contributed by atoms with Crippen molar-refractivity contribution in [2.45, 2.75) is 39.2 Å². The number of para-hydroxylation sites is 1. The molecule has 0 atom stereocenters. The Hall–Kier alpha value is -4.17. The second-order valence-corrected chi connectivity index (χ2v) is 9.56. The number of aromatic hydroxyl groups is 2. The van der Waals surface area contributed by atoms with Gasteiger partial charge in [-0.15, -0.1) is 0 Å². The molecule has 0 amide bonds. The van der Waals surface area contributed by atoms with Gasteiger partial charge in [0.15, 0.2) is 17.3 Å². The van der Waals surface area contributed by atoms with Gasteiger partial charge in [-0.25, -0.2) is 0 Å². The minimum absolute atomic E-state index is 0.0128. The lowest BCUT2D eigenvalue weighted by Gasteiger charge is -2.21. The van der Waals surface area contributed by atoms with E-state index in [9.17, 15) is 15.0 Å². The number of hydrogen-bond donors (Lipinski definition) is 2. The number of unbranched alkanes of at least 4 members (excludes halogenated alkanes) is 3. The van der Waals surface area contributed by atoms with Crippen LogP contribution in [0, 0.1) is 0 Å². The van der Waals surface area contributed by atoms with E-state index in [0.29, 0.717) is 6.61 Å². The van der Waals surface area contributed by atoms with Crippen LogP contribution in [0.4, 0.5) is 0 Å². The zero-order chi connectivity index (χ0) is 29.6. The highest BCUT2D eigenvalue weighted by Gasteiger charge is 2.23. The van der Waals surface area contributed by atoms with E-state index in [1.165, 1.54) is 31.9 Å². The van der Waals surface area contributed by atoms with E-state index in [1.54, 1.807) is 13.2 Å². The lowest BCUT2D eigenvalue weighted by Crippen LogP contribution is -2.24. The first-order valence-electron chi connectivity index (χ1n) is 13.9. The van der Waals surface area contributed by atoms with Gasteiger partial charge in [-0.1, -0.05) is 56.2 Å². The summed E-state index contributed by atoms with van der Waals surface area (Å²) >= 11 is 0. The van der Waals surface area contributed by atoms with Crippen LogP contribution in [-0.4, -0.2) is 61.9 Å². The number of allylic oxidation sites excluding steroid dienone is 1. The van der Waals surface area contributed by atoms with Gasteiger partial charge >= 0.3 is 0 Å². The van der Waals surface area contributed by atoms with Crippen molar-refractivity contribution in [3.8, 4) is 34.5 Å². The molecular weight excluding hydrogens is 522 g/mol. The number of phenolic OH excluding ortho intramolecular Hbond substituents is 2. The first kappa shape index (κ1) is 31.4. The summed E-state index contributed by atoms with van der Waals surface area (Å²) in [7, 11) is 4.36. The SMILES string of the molecule is CCN(CCCCCCOc1ccc(/C=C/C(=O)c2c(O)cc(OC)c(O)c2OC)cc1)Cc1ccccc1OC. The smallest absolute Gasteiger partial charge is 0.201 e. The molecule has 8 heteroatoms. The molecule has 0 radical (unpaired) electrons. The normalized spacial score (nSPS) is 11.1. The third kappa shape index (κ3) is 8.91. The number of ether oxygens (including phenoxy) is 4. The Bertz CT molecular complexity index is 1290. The zero-order valence-corrected chi connectivity index (χ0v) is 24.4. The minimum atomic E-state index is -0.514. The van der Waals surface area contributed by atoms with Crippen LogP contribution in [-0.2, 0) is 6.54 Å². The van der Waals surface area contributed by atoms with Crippen LogP contribution >= 0.6 is 0 Å². The number of nitrogens with zero attached hydrogens (tertiary/aromatic N) is 1. The van der Waals surface area contributed by atoms with Crippen LogP contribution in [0.15, 0.2) is 60.7 Å². The third-order valence-electron chi connectivity index (χ3n) is 6.85. The van der Waals surface area contributed by atoms with Gasteiger partial charge in [0, 0.05) is 18.2 Å². The minimum Gasteiger partial charge on any atom is -0.507 e. The predicted octanol–water partition coefficient (Wildman–Crippen LogP) is 6.48. The summed E-state index contributed by atoms with van der Waals surface area (Å²) in [6.45, 7) is 5.79. The lowest BCUT2D eigenvalue weighted by molar-refractivity contribution is 0.104. The second-order valence-electron chi connectivity index (χ2n) is 9.56. The van der Waals surface area contributed by atoms with Gasteiger partial charge in [0.05, 0.1) is 27.9 Å². The first-order valence-corrected chi connectivity index (χ1v) is 13.9. The molecule has 0 saturated heterocycles. The molecule has 3 rings (SSSR count). The fourth-order valence-electron chi connectivity index (χ4n) is 4.54. The maximum Gasteiger partial charge on any atom is 0.201 e. The molecule has 0 aliphatic rings. The van der Waals surface area contributed by atoms with Crippen LogP contribution in [0.1, 0.15) is 54.1 Å². The monoisotopic (exact) mass is 563 g/mol. The Balaban J connectivity index is 1.40. The molecule has 0 bridgehead atoms. The van der Waals surface area contributed by atoms with Crippen LogP contribution in [0.3, 0.4) is 0 Å². The van der Waals surface area contributed by atoms with E-state index in [-0.39, 0.29) is 28.6 Å². The molecule has 0 aliphatic carbocycles. The molecular formula is C33H41NO7. The number of hydrogen-bond acceptors (Lipinski definition) is 8. The average molecular weight is 564 g/mol. The average Bonchev–Trinajstić information content (AvgIpc) is 3.00. The molecule has 2 N–H and O–H groups in total. The molecule has 0 aromatic heterocycles. The Labute approximate surface area is 242 Å². The van der Waals surface area contributed by atoms with Crippen molar-refractivity contribution in [3.63, 3.8) is 0 Å². The van der Waals surface area contributed by atoms with Gasteiger partial charge in [-0.3, -0.25) is 9.69 Å². The number of benzene rings is 3. The Morgan fingerprint density at radius 3 is 2.27 bits per heavy atom. The summed E-state index contributed by atoms with van der Waals surface area (Å²) in [5.74, 6) is 0.371. The van der Waals surface area contributed by atoms with Gasteiger partial charge < -0.3 is 29.2 Å². The summed E-state index contributed by atoms with van der Waals surface area (Å²) in [5, 5.41) is 20.5. The van der Waals surface area contributed by atoms with E-state index >= 15 is 0 Å². The molecule has 0 unspecified atom stereocenters. The Kier molecular flexibility index (Phi) is 12.4. The van der Waals surface area contributed by atoms with Crippen molar-refractivity contribution in [1.82, 2.24) is 4.90 Å². The van der Waals surface area contributed by atoms with Crippen LogP contribution in [0.2, 0.25) is 0 Å². The van der Waals surface area contributed by atoms with Crippen molar-refractivity contribution < 1.29 is 34.0 Å². The fourth-order valence-corrected chi connectivity index (χ4v) is 4.54. The molecule has 41 heavy (non-hydrogen) atoms. The van der Waals surface area contributed by atoms with Gasteiger partial charge in [0.25, 0.3) is 0 Å². The zero-order valence-electron chi connectivity index (χ0n) is 24.4. The number of carbonyl (C=O) groups excluding carboxylic acids is 1. The maximum absolute atomic E-state index is 12.7. The van der Waals surface area contributed by atoms with Gasteiger partial charge in [-0.05, 0) is 55.8 Å². The standard InChI is InChI=1S/C33H41NO7/c1-5-34(23-25-12-8-9-13-29(25)38-2)20-10-6-7-11-21-41-26-17-14-24(15-18-26)16-19-27(35)31-28(36)22-30(39-3)32(37)33(31)40-4/h8-9,12-19,22,36-37H,5-7,10-11,20-21,23H2,1-4H3/b19-16+. The Morgan fingerprint density at radius 1 is 0.878 bits per heavy atom. The van der Waals surface area contributed by atoms with Gasteiger partial charge in [0.1, 0.15) is 22.8 Å². The highest BCUT2D eigenvalue weighted by atomic mass is 16.5. The quantitative estimate of drug-likeness (QED) is 0.0834. The number of carbonyl (C=O) groups is 1. The summed E-state index contributed by atoms with van der Waals surface area (Å²) in [5.41, 5.74) is 1.87. The summed E-state index contributed by atoms with van der Waals surface area (Å²) < 4.78 is 21.5. The van der Waals surface area contributed by atoms with Gasteiger partial charge in [-0.2, -0.15) is 0 Å². The molecule has 3 aromatic carbocycles. The maximum atomic E-state index is 12.7. The van der Waals surface area contributed by atoms with Crippen molar-refractivity contribution in [2.75, 3.05) is 41.0 Å². The Morgan fingerprint density at radius 2 is 1.59 bits per heavy atom. The second kappa shape index (κ2) is 16.2. The summed E-state index contributed by atoms with van der Waals surface area (Å²) in [6, 6.07) is 16.8. The molecule has 3 aromatic rings. The van der Waals surface area contributed by atoms with Crippen LogP contribution in [0.5, 0.6) is 34.5 Å². The molecule has 0 fully saturated rings. The lowest BCUT2D eigenvalue weighted by atomic mass is 10.1. The van der Waals surface area contributed by atoms with Gasteiger partial charge in [0.2, 0.25) is 5.75 Å². The largest absolute Gasteiger partial charge is 0.507 e. The van der Waals surface area contributed by atoms with E-state index in [2.05, 4.69) is 24.0 Å². The number of rotatable bonds is 17. The van der Waals surface area contributed by atoms with Crippen LogP contribution < -0.4 is 18.9 Å². The fraction of sp³-hybridized carbons (Fsp3) is 0.364. The number of phenols is 2. The molecule has 0 heterocycles. The molecule has 0 aliphatic heterocycles. The summed E-state index contributed by atoms with van der Waals surface area (Å²) in [4.78, 5) is 15.2. The molecule has 8 nitrogen and oxygen atoms in total. The highest BCUT2D eigenvalue weighted by molar-refractivity contribution is 6.11. The molecule has 0 spiro atoms. The number of ketones is 1. The van der Waals surface area contributed by atoms with Crippen molar-refractivity contribution in [1.29, 1.82) is 0 Å².